The lowest BCUT2D eigenvalue weighted by Crippen LogP contribution is -2.44. The van der Waals surface area contributed by atoms with E-state index in [1.165, 1.54) is 5.56 Å². The molecule has 1 aromatic rings. The second-order valence-corrected chi connectivity index (χ2v) is 5.09. The lowest BCUT2D eigenvalue weighted by molar-refractivity contribution is -0.121. The molecule has 3 amide bonds. The number of amides is 3. The first-order valence-electron chi connectivity index (χ1n) is 7.18. The van der Waals surface area contributed by atoms with E-state index in [4.69, 9.17) is 0 Å². The number of hydrogen-bond acceptors (Lipinski definition) is 3. The third kappa shape index (κ3) is 4.43. The maximum Gasteiger partial charge on any atom is 0.321 e. The third-order valence-corrected chi connectivity index (χ3v) is 3.55. The van der Waals surface area contributed by atoms with Crippen molar-refractivity contribution in [2.24, 2.45) is 0 Å². The van der Waals surface area contributed by atoms with Gasteiger partial charge in [0.25, 0.3) is 0 Å². The van der Waals surface area contributed by atoms with Crippen LogP contribution in [-0.2, 0) is 4.79 Å². The Labute approximate surface area is 125 Å². The number of nitrogens with zero attached hydrogens (tertiary/aromatic N) is 1. The Morgan fingerprint density at radius 2 is 2.10 bits per heavy atom. The lowest BCUT2D eigenvalue weighted by Gasteiger charge is -2.24. The van der Waals surface area contributed by atoms with Gasteiger partial charge in [-0.05, 0) is 24.9 Å². The molecule has 112 valence electrons. The van der Waals surface area contributed by atoms with Crippen LogP contribution in [0.15, 0.2) is 43.0 Å². The molecule has 2 rings (SSSR count). The van der Waals surface area contributed by atoms with Crippen LogP contribution in [0.3, 0.4) is 0 Å². The standard InChI is InChI=1S/C16H21N3O2/c1-2-10-17-16(21)18-15(20)12-19-11-6-9-14(19)13-7-4-3-5-8-13/h2-5,7-8,14H,1,6,9-12H2,(H2,17,18,20,21). The molecule has 1 saturated heterocycles. The molecule has 5 heteroatoms. The summed E-state index contributed by atoms with van der Waals surface area (Å²) in [7, 11) is 0. The zero-order valence-electron chi connectivity index (χ0n) is 12.0. The van der Waals surface area contributed by atoms with Crippen LogP contribution in [0.1, 0.15) is 24.4 Å². The highest BCUT2D eigenvalue weighted by atomic mass is 16.2. The number of imide groups is 1. The van der Waals surface area contributed by atoms with Crippen LogP contribution in [0.5, 0.6) is 0 Å². The first-order valence-corrected chi connectivity index (χ1v) is 7.18. The third-order valence-electron chi connectivity index (χ3n) is 3.55. The van der Waals surface area contributed by atoms with Crippen molar-refractivity contribution in [1.29, 1.82) is 0 Å². The van der Waals surface area contributed by atoms with Crippen molar-refractivity contribution in [1.82, 2.24) is 15.5 Å². The predicted molar refractivity (Wildman–Crippen MR) is 81.7 cm³/mol. The van der Waals surface area contributed by atoms with Gasteiger partial charge in [0, 0.05) is 12.6 Å². The Hall–Kier alpha value is -2.14. The number of carbonyl (C=O) groups excluding carboxylic acids is 2. The van der Waals surface area contributed by atoms with Gasteiger partial charge in [0.2, 0.25) is 5.91 Å². The van der Waals surface area contributed by atoms with Gasteiger partial charge in [-0.1, -0.05) is 36.4 Å². The van der Waals surface area contributed by atoms with E-state index < -0.39 is 6.03 Å². The molecule has 0 aliphatic carbocycles. The van der Waals surface area contributed by atoms with Gasteiger partial charge in [-0.2, -0.15) is 0 Å². The molecule has 0 bridgehead atoms. The summed E-state index contributed by atoms with van der Waals surface area (Å²) in [4.78, 5) is 25.5. The van der Waals surface area contributed by atoms with Gasteiger partial charge >= 0.3 is 6.03 Å². The van der Waals surface area contributed by atoms with Gasteiger partial charge in [-0.25, -0.2) is 4.79 Å². The number of rotatable bonds is 5. The maximum atomic E-state index is 11.9. The molecule has 1 aliphatic heterocycles. The zero-order chi connectivity index (χ0) is 15.1. The molecule has 0 spiro atoms. The van der Waals surface area contributed by atoms with Gasteiger partial charge in [0.1, 0.15) is 0 Å². The molecule has 0 radical (unpaired) electrons. The van der Waals surface area contributed by atoms with E-state index >= 15 is 0 Å². The molecule has 1 heterocycles. The monoisotopic (exact) mass is 287 g/mol. The predicted octanol–water partition coefficient (Wildman–Crippen LogP) is 1.84. The molecule has 0 aromatic heterocycles. The Morgan fingerprint density at radius 1 is 1.33 bits per heavy atom. The molecule has 0 saturated carbocycles. The second kappa shape index (κ2) is 7.59. The summed E-state index contributed by atoms with van der Waals surface area (Å²) in [6.07, 6.45) is 3.67. The van der Waals surface area contributed by atoms with E-state index in [1.54, 1.807) is 6.08 Å². The summed E-state index contributed by atoms with van der Waals surface area (Å²) in [5.74, 6) is -0.278. The van der Waals surface area contributed by atoms with Crippen LogP contribution in [0.4, 0.5) is 4.79 Å². The summed E-state index contributed by atoms with van der Waals surface area (Å²) < 4.78 is 0. The molecule has 1 aliphatic rings. The Bertz CT molecular complexity index is 502. The van der Waals surface area contributed by atoms with Crippen molar-refractivity contribution in [2.75, 3.05) is 19.6 Å². The molecular formula is C16H21N3O2. The van der Waals surface area contributed by atoms with Crippen LogP contribution in [-0.4, -0.2) is 36.5 Å². The molecule has 1 unspecified atom stereocenters. The Morgan fingerprint density at radius 3 is 2.81 bits per heavy atom. The minimum absolute atomic E-state index is 0.237. The highest BCUT2D eigenvalue weighted by Gasteiger charge is 2.27. The average Bonchev–Trinajstić information content (AvgIpc) is 2.94. The number of urea groups is 1. The van der Waals surface area contributed by atoms with Crippen LogP contribution in [0, 0.1) is 0 Å². The van der Waals surface area contributed by atoms with Crippen LogP contribution >= 0.6 is 0 Å². The smallest absolute Gasteiger partial charge is 0.321 e. The normalized spacial score (nSPS) is 18.2. The second-order valence-electron chi connectivity index (χ2n) is 5.09. The van der Waals surface area contributed by atoms with E-state index in [0.717, 1.165) is 19.4 Å². The van der Waals surface area contributed by atoms with E-state index in [-0.39, 0.29) is 18.5 Å². The van der Waals surface area contributed by atoms with Gasteiger partial charge in [0.05, 0.1) is 6.54 Å². The number of carbonyl (C=O) groups is 2. The van der Waals surface area contributed by atoms with Crippen molar-refractivity contribution in [3.8, 4) is 0 Å². The quantitative estimate of drug-likeness (QED) is 0.812. The molecule has 1 aromatic carbocycles. The lowest BCUT2D eigenvalue weighted by atomic mass is 10.0. The fourth-order valence-electron chi connectivity index (χ4n) is 2.63. The highest BCUT2D eigenvalue weighted by Crippen LogP contribution is 2.31. The van der Waals surface area contributed by atoms with Crippen molar-refractivity contribution < 1.29 is 9.59 Å². The van der Waals surface area contributed by atoms with Crippen molar-refractivity contribution in [2.45, 2.75) is 18.9 Å². The Kier molecular flexibility index (Phi) is 5.51. The van der Waals surface area contributed by atoms with Gasteiger partial charge in [0.15, 0.2) is 0 Å². The zero-order valence-corrected chi connectivity index (χ0v) is 12.0. The summed E-state index contributed by atoms with van der Waals surface area (Å²) in [5, 5.41) is 4.86. The number of nitrogens with one attached hydrogen (secondary N) is 2. The van der Waals surface area contributed by atoms with Crippen LogP contribution in [0.25, 0.3) is 0 Å². The summed E-state index contributed by atoms with van der Waals surface area (Å²) >= 11 is 0. The van der Waals surface area contributed by atoms with Crippen LogP contribution in [0.2, 0.25) is 0 Å². The fourth-order valence-corrected chi connectivity index (χ4v) is 2.63. The van der Waals surface area contributed by atoms with Gasteiger partial charge < -0.3 is 5.32 Å². The summed E-state index contributed by atoms with van der Waals surface area (Å²) in [5.41, 5.74) is 1.22. The molecule has 2 N–H and O–H groups in total. The van der Waals surface area contributed by atoms with Crippen molar-refractivity contribution in [3.63, 3.8) is 0 Å². The molecule has 21 heavy (non-hydrogen) atoms. The minimum atomic E-state index is -0.477. The molecule has 1 fully saturated rings. The van der Waals surface area contributed by atoms with Crippen molar-refractivity contribution >= 4 is 11.9 Å². The Balaban J connectivity index is 1.88. The molecular weight excluding hydrogens is 266 g/mol. The highest BCUT2D eigenvalue weighted by molar-refractivity contribution is 5.95. The number of likely N-dealkylation sites (tertiary alicyclic amines) is 1. The van der Waals surface area contributed by atoms with Gasteiger partial charge in [-0.15, -0.1) is 6.58 Å². The minimum Gasteiger partial charge on any atom is -0.334 e. The van der Waals surface area contributed by atoms with E-state index in [1.807, 2.05) is 18.2 Å². The number of benzene rings is 1. The SMILES string of the molecule is C=CCNC(=O)NC(=O)CN1CCCC1c1ccccc1. The average molecular weight is 287 g/mol. The largest absolute Gasteiger partial charge is 0.334 e. The summed E-state index contributed by atoms with van der Waals surface area (Å²) in [6.45, 7) is 4.96. The maximum absolute atomic E-state index is 11.9. The van der Waals surface area contributed by atoms with Crippen molar-refractivity contribution in [3.05, 3.63) is 48.6 Å². The molecule has 5 nitrogen and oxygen atoms in total. The van der Waals surface area contributed by atoms with Crippen LogP contribution < -0.4 is 10.6 Å². The summed E-state index contributed by atoms with van der Waals surface area (Å²) in [6, 6.07) is 9.95. The first kappa shape index (κ1) is 15.3. The van der Waals surface area contributed by atoms with E-state index in [0.29, 0.717) is 6.54 Å². The topological polar surface area (TPSA) is 61.4 Å². The van der Waals surface area contributed by atoms with E-state index in [9.17, 15) is 9.59 Å². The fraction of sp³-hybridized carbons (Fsp3) is 0.375. The number of hydrogen-bond donors (Lipinski definition) is 2. The van der Waals surface area contributed by atoms with E-state index in [2.05, 4.69) is 34.2 Å². The van der Waals surface area contributed by atoms with Gasteiger partial charge in [-0.3, -0.25) is 15.0 Å². The first-order chi connectivity index (χ1) is 10.2. The molecule has 1 atom stereocenters.